The fourth-order valence-electron chi connectivity index (χ4n) is 3.28. The molecule has 1 aromatic carbocycles. The zero-order valence-corrected chi connectivity index (χ0v) is 13.5. The second-order valence-electron chi connectivity index (χ2n) is 6.72. The molecule has 2 bridgehead atoms. The summed E-state index contributed by atoms with van der Waals surface area (Å²) in [6.45, 7) is 4.17. The molecule has 124 valence electrons. The maximum absolute atomic E-state index is 13.6. The quantitative estimate of drug-likeness (QED) is 0.853. The van der Waals surface area contributed by atoms with Crippen LogP contribution in [0.4, 0.5) is 4.39 Å². The summed E-state index contributed by atoms with van der Waals surface area (Å²) in [5.74, 6) is -1.58. The monoisotopic (exact) mass is 319 g/mol. The molecule has 0 radical (unpaired) electrons. The van der Waals surface area contributed by atoms with E-state index in [1.807, 2.05) is 0 Å². The Morgan fingerprint density at radius 2 is 2.17 bits per heavy atom. The number of hydrogen-bond donors (Lipinski definition) is 1. The van der Waals surface area contributed by atoms with Crippen LogP contribution in [0, 0.1) is 5.82 Å². The van der Waals surface area contributed by atoms with Gasteiger partial charge in [-0.3, -0.25) is 4.79 Å². The third kappa shape index (κ3) is 3.79. The van der Waals surface area contributed by atoms with E-state index in [-0.39, 0.29) is 24.2 Å². The van der Waals surface area contributed by atoms with Crippen molar-refractivity contribution < 1.29 is 19.0 Å². The standard InChI is InChI=1S/C18H22FNO3/c1-18(2,22)23-15-5-3-12-7-8-20(17(21)10-15)11-13-9-14(19)4-6-16(12)13/h3-4,6,9,15,22H,5,7-8,10-11H2,1-2H3. The van der Waals surface area contributed by atoms with Crippen LogP contribution in [0.2, 0.25) is 0 Å². The van der Waals surface area contributed by atoms with Gasteiger partial charge in [0, 0.05) is 13.1 Å². The van der Waals surface area contributed by atoms with Crippen molar-refractivity contribution in [1.29, 1.82) is 0 Å². The molecule has 0 saturated carbocycles. The first kappa shape index (κ1) is 16.1. The van der Waals surface area contributed by atoms with E-state index in [2.05, 4.69) is 6.08 Å². The van der Waals surface area contributed by atoms with E-state index in [1.165, 1.54) is 12.1 Å². The van der Waals surface area contributed by atoms with Crippen molar-refractivity contribution in [1.82, 2.24) is 4.90 Å². The molecular formula is C18H22FNO3. The second kappa shape index (κ2) is 6.06. The average Bonchev–Trinajstić information content (AvgIpc) is 2.57. The van der Waals surface area contributed by atoms with E-state index in [0.717, 1.165) is 23.1 Å². The molecule has 23 heavy (non-hydrogen) atoms. The lowest BCUT2D eigenvalue weighted by Gasteiger charge is -2.28. The Morgan fingerprint density at radius 1 is 1.39 bits per heavy atom. The number of amides is 1. The van der Waals surface area contributed by atoms with Gasteiger partial charge in [-0.05, 0) is 55.5 Å². The normalized spacial score (nSPS) is 21.9. The molecule has 0 saturated heterocycles. The van der Waals surface area contributed by atoms with E-state index >= 15 is 0 Å². The van der Waals surface area contributed by atoms with Crippen LogP contribution in [0.3, 0.4) is 0 Å². The van der Waals surface area contributed by atoms with Crippen molar-refractivity contribution in [2.24, 2.45) is 0 Å². The fraction of sp³-hybridized carbons (Fsp3) is 0.500. The maximum atomic E-state index is 13.6. The average molecular weight is 319 g/mol. The van der Waals surface area contributed by atoms with Gasteiger partial charge >= 0.3 is 0 Å². The summed E-state index contributed by atoms with van der Waals surface area (Å²) in [6.07, 6.45) is 3.23. The van der Waals surface area contributed by atoms with Crippen LogP contribution in [-0.2, 0) is 16.1 Å². The Labute approximate surface area is 135 Å². The number of nitrogens with zero attached hydrogens (tertiary/aromatic N) is 1. The number of aliphatic hydroxyl groups is 1. The molecule has 1 N–H and O–H groups in total. The molecule has 3 rings (SSSR count). The third-order valence-electron chi connectivity index (χ3n) is 4.26. The molecule has 1 atom stereocenters. The molecule has 1 unspecified atom stereocenters. The smallest absolute Gasteiger partial charge is 0.225 e. The Kier molecular flexibility index (Phi) is 4.25. The number of hydrogen-bond acceptors (Lipinski definition) is 3. The Morgan fingerprint density at radius 3 is 2.91 bits per heavy atom. The predicted molar refractivity (Wildman–Crippen MR) is 84.8 cm³/mol. The number of carbonyl (C=O) groups is 1. The van der Waals surface area contributed by atoms with E-state index in [0.29, 0.717) is 19.5 Å². The highest BCUT2D eigenvalue weighted by Crippen LogP contribution is 2.31. The van der Waals surface area contributed by atoms with Crippen LogP contribution < -0.4 is 0 Å². The van der Waals surface area contributed by atoms with E-state index in [4.69, 9.17) is 4.74 Å². The highest BCUT2D eigenvalue weighted by atomic mass is 19.1. The van der Waals surface area contributed by atoms with Gasteiger partial charge in [-0.2, -0.15) is 0 Å². The third-order valence-corrected chi connectivity index (χ3v) is 4.26. The number of carbonyl (C=O) groups excluding carboxylic acids is 1. The molecule has 0 aromatic heterocycles. The number of fused-ring (bicyclic) bond motifs is 5. The van der Waals surface area contributed by atoms with Crippen LogP contribution >= 0.6 is 0 Å². The first-order chi connectivity index (χ1) is 10.8. The molecule has 1 amide bonds. The number of benzene rings is 1. The van der Waals surface area contributed by atoms with E-state index in [1.54, 1.807) is 24.8 Å². The van der Waals surface area contributed by atoms with Gasteiger partial charge in [0.05, 0.1) is 12.5 Å². The highest BCUT2D eigenvalue weighted by Gasteiger charge is 2.29. The first-order valence-corrected chi connectivity index (χ1v) is 7.97. The summed E-state index contributed by atoms with van der Waals surface area (Å²) in [5, 5.41) is 9.87. The minimum Gasteiger partial charge on any atom is -0.366 e. The van der Waals surface area contributed by atoms with Gasteiger partial charge in [0.2, 0.25) is 5.91 Å². The Bertz CT molecular complexity index is 648. The molecule has 5 heteroatoms. The zero-order chi connectivity index (χ0) is 16.6. The van der Waals surface area contributed by atoms with Gasteiger partial charge in [0.15, 0.2) is 5.79 Å². The van der Waals surface area contributed by atoms with Crippen molar-refractivity contribution in [3.05, 3.63) is 41.2 Å². The van der Waals surface area contributed by atoms with Crippen LogP contribution in [-0.4, -0.2) is 34.3 Å². The fourth-order valence-corrected chi connectivity index (χ4v) is 3.28. The first-order valence-electron chi connectivity index (χ1n) is 7.97. The van der Waals surface area contributed by atoms with E-state index in [9.17, 15) is 14.3 Å². The summed E-state index contributed by atoms with van der Waals surface area (Å²) in [5.41, 5.74) is 2.97. The van der Waals surface area contributed by atoms with Crippen molar-refractivity contribution in [3.63, 3.8) is 0 Å². The lowest BCUT2D eigenvalue weighted by Crippen LogP contribution is -2.36. The molecule has 2 heterocycles. The van der Waals surface area contributed by atoms with Crippen LogP contribution in [0.5, 0.6) is 0 Å². The maximum Gasteiger partial charge on any atom is 0.225 e. The molecule has 2 aliphatic rings. The molecule has 4 nitrogen and oxygen atoms in total. The van der Waals surface area contributed by atoms with Gasteiger partial charge < -0.3 is 14.7 Å². The van der Waals surface area contributed by atoms with Crippen LogP contribution in [0.1, 0.15) is 44.2 Å². The molecule has 1 aromatic rings. The second-order valence-corrected chi connectivity index (χ2v) is 6.72. The minimum absolute atomic E-state index is 0.0222. The van der Waals surface area contributed by atoms with Crippen molar-refractivity contribution in [3.8, 4) is 0 Å². The summed E-state index contributed by atoms with van der Waals surface area (Å²) in [7, 11) is 0. The number of rotatable bonds is 2. The van der Waals surface area contributed by atoms with Crippen molar-refractivity contribution >= 4 is 11.5 Å². The lowest BCUT2D eigenvalue weighted by atomic mass is 9.96. The largest absolute Gasteiger partial charge is 0.366 e. The van der Waals surface area contributed by atoms with Crippen molar-refractivity contribution in [2.75, 3.05) is 6.54 Å². The number of halogens is 1. The summed E-state index contributed by atoms with van der Waals surface area (Å²) < 4.78 is 19.2. The van der Waals surface area contributed by atoms with E-state index < -0.39 is 5.79 Å². The minimum atomic E-state index is -1.27. The molecule has 0 spiro atoms. The SMILES string of the molecule is CC(C)(O)OC1CC=C2CCN(Cc3cc(F)ccc32)C(=O)C1. The Balaban J connectivity index is 1.97. The summed E-state index contributed by atoms with van der Waals surface area (Å²) in [6, 6.07) is 4.76. The van der Waals surface area contributed by atoms with Gasteiger partial charge in [0.25, 0.3) is 0 Å². The van der Waals surface area contributed by atoms with Gasteiger partial charge in [-0.25, -0.2) is 4.39 Å². The number of ether oxygens (including phenoxy) is 1. The Hall–Kier alpha value is -1.72. The van der Waals surface area contributed by atoms with Gasteiger partial charge in [-0.1, -0.05) is 12.1 Å². The highest BCUT2D eigenvalue weighted by molar-refractivity contribution is 5.79. The van der Waals surface area contributed by atoms with Crippen LogP contribution in [0.15, 0.2) is 24.3 Å². The lowest BCUT2D eigenvalue weighted by molar-refractivity contribution is -0.206. The molecule has 0 fully saturated rings. The topological polar surface area (TPSA) is 49.8 Å². The molecular weight excluding hydrogens is 297 g/mol. The predicted octanol–water partition coefficient (Wildman–Crippen LogP) is 2.85. The summed E-state index contributed by atoms with van der Waals surface area (Å²) >= 11 is 0. The zero-order valence-electron chi connectivity index (χ0n) is 13.5. The van der Waals surface area contributed by atoms with Gasteiger partial charge in [0.1, 0.15) is 5.82 Å². The molecule has 2 aliphatic heterocycles. The van der Waals surface area contributed by atoms with Crippen LogP contribution in [0.25, 0.3) is 5.57 Å². The molecule has 0 aliphatic carbocycles. The summed E-state index contributed by atoms with van der Waals surface area (Å²) in [4.78, 5) is 14.3. The van der Waals surface area contributed by atoms with Gasteiger partial charge in [-0.15, -0.1) is 0 Å². The van der Waals surface area contributed by atoms with Crippen molar-refractivity contribution in [2.45, 2.75) is 51.5 Å².